The fourth-order valence-corrected chi connectivity index (χ4v) is 1.25. The van der Waals surface area contributed by atoms with Gasteiger partial charge in [-0.05, 0) is 48.0 Å². The van der Waals surface area contributed by atoms with Crippen LogP contribution in [0, 0.1) is 0 Å². The van der Waals surface area contributed by atoms with Crippen molar-refractivity contribution in [3.63, 3.8) is 0 Å². The Morgan fingerprint density at radius 1 is 0.950 bits per heavy atom. The summed E-state index contributed by atoms with van der Waals surface area (Å²) in [7, 11) is 1.58. The molecule has 0 aromatic rings. The van der Waals surface area contributed by atoms with Crippen molar-refractivity contribution < 1.29 is 14.8 Å². The highest BCUT2D eigenvalue weighted by Crippen LogP contribution is 2.12. The van der Waals surface area contributed by atoms with Crippen molar-refractivity contribution >= 4 is 0 Å². The Labute approximate surface area is 120 Å². The van der Waals surface area contributed by atoms with Crippen LogP contribution in [0.1, 0.15) is 6.92 Å². The Balaban J connectivity index is 5.20. The van der Waals surface area contributed by atoms with Crippen LogP contribution in [-0.4, -0.2) is 12.3 Å². The minimum Gasteiger partial charge on any atom is -0.497 e. The van der Waals surface area contributed by atoms with Gasteiger partial charge in [-0.1, -0.05) is 38.0 Å². The molecular weight excluding hydrogens is 254 g/mol. The van der Waals surface area contributed by atoms with E-state index >= 15 is 0 Å². The van der Waals surface area contributed by atoms with Crippen molar-refractivity contribution in [2.45, 2.75) is 6.92 Å². The summed E-state index contributed by atoms with van der Waals surface area (Å²) in [6.07, 6.45) is 12.0. The van der Waals surface area contributed by atoms with Crippen molar-refractivity contribution in [2.75, 3.05) is 7.11 Å². The number of hydrogen-bond acceptors (Lipinski definition) is 4. The van der Waals surface area contributed by atoms with E-state index < -0.39 is 0 Å². The predicted octanol–water partition coefficient (Wildman–Crippen LogP) is 3.74. The van der Waals surface area contributed by atoms with Gasteiger partial charge in [0.15, 0.2) is 0 Å². The molecule has 0 heterocycles. The van der Waals surface area contributed by atoms with Gasteiger partial charge in [0.1, 0.15) is 11.5 Å². The minimum atomic E-state index is 0.384. The second-order valence-electron chi connectivity index (χ2n) is 3.62. The van der Waals surface area contributed by atoms with E-state index in [4.69, 9.17) is 14.8 Å². The zero-order valence-electron chi connectivity index (χ0n) is 11.9. The molecule has 0 spiro atoms. The highest BCUT2D eigenvalue weighted by Gasteiger charge is 1.95. The molecule has 0 saturated heterocycles. The number of methoxy groups -OCH3 is 1. The Hall–Kier alpha value is -2.30. The van der Waals surface area contributed by atoms with Crippen LogP contribution in [0.25, 0.3) is 0 Å². The number of ether oxygens (including phenoxy) is 1. The van der Waals surface area contributed by atoms with E-state index in [1.54, 1.807) is 37.1 Å². The highest BCUT2D eigenvalue weighted by atomic mass is 16.8. The van der Waals surface area contributed by atoms with Crippen molar-refractivity contribution in [1.29, 1.82) is 0 Å². The molecule has 4 heteroatoms. The Kier molecular flexibility index (Phi) is 9.39. The average molecular weight is 275 g/mol. The van der Waals surface area contributed by atoms with Gasteiger partial charge in [-0.25, -0.2) is 0 Å². The van der Waals surface area contributed by atoms with E-state index in [0.717, 1.165) is 11.1 Å². The summed E-state index contributed by atoms with van der Waals surface area (Å²) in [5, 5.41) is 8.45. The van der Waals surface area contributed by atoms with Crippen LogP contribution in [0.5, 0.6) is 0 Å². The number of allylic oxidation sites excluding steroid dienone is 9. The highest BCUT2D eigenvalue weighted by molar-refractivity contribution is 5.42. The molecule has 0 amide bonds. The average Bonchev–Trinajstić information content (AvgIpc) is 2.47. The van der Waals surface area contributed by atoms with Crippen LogP contribution >= 0.6 is 0 Å². The van der Waals surface area contributed by atoms with E-state index in [1.165, 1.54) is 6.08 Å². The monoisotopic (exact) mass is 275 g/mol. The second kappa shape index (κ2) is 10.6. The van der Waals surface area contributed by atoms with Crippen LogP contribution in [0.2, 0.25) is 0 Å². The molecule has 0 unspecified atom stereocenters. The largest absolute Gasteiger partial charge is 0.497 e. The molecule has 0 aromatic carbocycles. The molecule has 0 rings (SSSR count). The summed E-state index contributed by atoms with van der Waals surface area (Å²) >= 11 is 0. The van der Waals surface area contributed by atoms with Crippen LogP contribution < -0.4 is 5.64 Å². The topological polar surface area (TPSA) is 50.7 Å². The molecule has 20 heavy (non-hydrogen) atoms. The first kappa shape index (κ1) is 17.7. The SMILES string of the molecule is C=C\C(=C/C=C(C=C)/C(C)=C/C=C(\C=C)ONO)OC. The Morgan fingerprint density at radius 2 is 1.55 bits per heavy atom. The van der Waals surface area contributed by atoms with Gasteiger partial charge in [0.2, 0.25) is 0 Å². The maximum Gasteiger partial charge on any atom is 0.149 e. The predicted molar refractivity (Wildman–Crippen MR) is 81.6 cm³/mol. The fourth-order valence-electron chi connectivity index (χ4n) is 1.25. The van der Waals surface area contributed by atoms with Crippen molar-refractivity contribution in [2.24, 2.45) is 0 Å². The van der Waals surface area contributed by atoms with Crippen LogP contribution in [-0.2, 0) is 9.57 Å². The van der Waals surface area contributed by atoms with Crippen molar-refractivity contribution in [3.05, 3.63) is 84.9 Å². The molecule has 2 N–H and O–H groups in total. The summed E-state index contributed by atoms with van der Waals surface area (Å²) < 4.78 is 5.09. The summed E-state index contributed by atoms with van der Waals surface area (Å²) in [5.41, 5.74) is 3.47. The molecule has 0 aliphatic rings. The number of rotatable bonds is 9. The molecule has 0 atom stereocenters. The number of nitrogens with one attached hydrogen (secondary N) is 1. The fraction of sp³-hybridized carbons (Fsp3) is 0.125. The van der Waals surface area contributed by atoms with Crippen LogP contribution in [0.15, 0.2) is 84.9 Å². The molecule has 0 bridgehead atoms. The lowest BCUT2D eigenvalue weighted by atomic mass is 10.1. The van der Waals surface area contributed by atoms with E-state index in [-0.39, 0.29) is 0 Å². The third-order valence-electron chi connectivity index (χ3n) is 2.40. The van der Waals surface area contributed by atoms with Crippen molar-refractivity contribution in [1.82, 2.24) is 5.64 Å². The van der Waals surface area contributed by atoms with Gasteiger partial charge in [-0.3, -0.25) is 5.21 Å². The second-order valence-corrected chi connectivity index (χ2v) is 3.62. The number of hydrogen-bond donors (Lipinski definition) is 2. The maximum absolute atomic E-state index is 8.45. The lowest BCUT2D eigenvalue weighted by molar-refractivity contribution is -0.0880. The first-order valence-corrected chi connectivity index (χ1v) is 5.91. The molecule has 0 aromatic heterocycles. The van der Waals surface area contributed by atoms with Gasteiger partial charge < -0.3 is 9.57 Å². The molecule has 0 aliphatic carbocycles. The smallest absolute Gasteiger partial charge is 0.149 e. The normalized spacial score (nSPS) is 13.8. The van der Waals surface area contributed by atoms with Gasteiger partial charge >= 0.3 is 0 Å². The molecule has 0 aliphatic heterocycles. The van der Waals surface area contributed by atoms with Gasteiger partial charge in [0, 0.05) is 0 Å². The third-order valence-corrected chi connectivity index (χ3v) is 2.40. The van der Waals surface area contributed by atoms with Crippen LogP contribution in [0.3, 0.4) is 0 Å². The Bertz CT molecular complexity index is 468. The minimum absolute atomic E-state index is 0.384. The van der Waals surface area contributed by atoms with E-state index in [2.05, 4.69) is 19.7 Å². The zero-order chi connectivity index (χ0) is 15.4. The summed E-state index contributed by atoms with van der Waals surface area (Å²) in [5.74, 6) is 1.04. The lowest BCUT2D eigenvalue weighted by Gasteiger charge is -2.03. The summed E-state index contributed by atoms with van der Waals surface area (Å²) in [6, 6.07) is 0. The van der Waals surface area contributed by atoms with Gasteiger partial charge in [0.05, 0.1) is 7.11 Å². The first-order valence-electron chi connectivity index (χ1n) is 5.91. The maximum atomic E-state index is 8.45. The van der Waals surface area contributed by atoms with E-state index in [0.29, 0.717) is 11.5 Å². The zero-order valence-corrected chi connectivity index (χ0v) is 11.9. The van der Waals surface area contributed by atoms with Crippen LogP contribution in [0.4, 0.5) is 0 Å². The molecule has 0 fully saturated rings. The summed E-state index contributed by atoms with van der Waals surface area (Å²) in [4.78, 5) is 4.70. The molecule has 0 radical (unpaired) electrons. The first-order chi connectivity index (χ1) is 9.62. The third kappa shape index (κ3) is 6.58. The van der Waals surface area contributed by atoms with Crippen molar-refractivity contribution in [3.8, 4) is 0 Å². The lowest BCUT2D eigenvalue weighted by Crippen LogP contribution is -2.06. The van der Waals surface area contributed by atoms with E-state index in [1.807, 2.05) is 19.1 Å². The molecule has 0 saturated carbocycles. The van der Waals surface area contributed by atoms with Gasteiger partial charge in [-0.15, -0.1) is 0 Å². The standard InChI is InChI=1S/C16H21NO3/c1-6-14(10-12-15(7-2)19-5)13(4)9-11-16(8-3)20-17-18/h6-12,17-18H,1-3H2,4-5H3/b13-9+,14-10+,15-12+,16-11+. The molecule has 4 nitrogen and oxygen atoms in total. The molecule has 108 valence electrons. The Morgan fingerprint density at radius 3 is 2.00 bits per heavy atom. The van der Waals surface area contributed by atoms with E-state index in [9.17, 15) is 0 Å². The quantitative estimate of drug-likeness (QED) is 0.382. The van der Waals surface area contributed by atoms with Gasteiger partial charge in [-0.2, -0.15) is 0 Å². The molecular formula is C16H21NO3. The summed E-state index contributed by atoms with van der Waals surface area (Å²) in [6.45, 7) is 12.9. The van der Waals surface area contributed by atoms with Gasteiger partial charge in [0.25, 0.3) is 0 Å².